The molecule has 0 N–H and O–H groups in total. The van der Waals surface area contributed by atoms with E-state index in [1.807, 2.05) is 0 Å². The van der Waals surface area contributed by atoms with E-state index >= 15 is 0 Å². The van der Waals surface area contributed by atoms with Crippen LogP contribution in [0.15, 0.2) is 24.3 Å². The zero-order chi connectivity index (χ0) is 15.4. The Morgan fingerprint density at radius 1 is 1.05 bits per heavy atom. The van der Waals surface area contributed by atoms with Crippen LogP contribution in [-0.4, -0.2) is 37.3 Å². The van der Waals surface area contributed by atoms with E-state index in [0.29, 0.717) is 22.8 Å². The first kappa shape index (κ1) is 15.1. The van der Waals surface area contributed by atoms with Gasteiger partial charge in [-0.25, -0.2) is 14.8 Å². The second-order valence-electron chi connectivity index (χ2n) is 3.97. The highest BCUT2D eigenvalue weighted by Gasteiger charge is 2.14. The lowest BCUT2D eigenvalue weighted by atomic mass is 10.1. The molecule has 0 aliphatic carbocycles. The van der Waals surface area contributed by atoms with Crippen molar-refractivity contribution in [3.05, 3.63) is 35.2 Å². The van der Waals surface area contributed by atoms with Crippen molar-refractivity contribution < 1.29 is 19.0 Å². The number of aromatic nitrogens is 2. The van der Waals surface area contributed by atoms with Gasteiger partial charge < -0.3 is 14.2 Å². The van der Waals surface area contributed by atoms with E-state index in [1.54, 1.807) is 25.3 Å². The van der Waals surface area contributed by atoms with E-state index in [1.165, 1.54) is 20.3 Å². The molecule has 0 aliphatic rings. The molecule has 1 aromatic carbocycles. The zero-order valence-electron chi connectivity index (χ0n) is 11.7. The van der Waals surface area contributed by atoms with Crippen molar-refractivity contribution in [3.63, 3.8) is 0 Å². The molecule has 0 aliphatic heterocycles. The Labute approximate surface area is 126 Å². The molecule has 0 radical (unpaired) electrons. The molecule has 0 amide bonds. The summed E-state index contributed by atoms with van der Waals surface area (Å²) < 4.78 is 15.0. The number of rotatable bonds is 4. The molecule has 2 aromatic rings. The maximum atomic E-state index is 11.6. The van der Waals surface area contributed by atoms with Crippen molar-refractivity contribution in [3.8, 4) is 22.8 Å². The number of methoxy groups -OCH3 is 3. The molecule has 0 spiro atoms. The number of ether oxygens (including phenoxy) is 3. The van der Waals surface area contributed by atoms with Crippen molar-refractivity contribution in [1.29, 1.82) is 0 Å². The maximum Gasteiger partial charge on any atom is 0.356 e. The molecular weight excluding hydrogens is 296 g/mol. The number of esters is 1. The first-order chi connectivity index (χ1) is 10.1. The second-order valence-corrected chi connectivity index (χ2v) is 4.31. The van der Waals surface area contributed by atoms with Gasteiger partial charge in [-0.2, -0.15) is 0 Å². The normalized spacial score (nSPS) is 10.1. The Morgan fingerprint density at radius 3 is 2.38 bits per heavy atom. The van der Waals surface area contributed by atoms with Crippen LogP contribution in [0.2, 0.25) is 5.28 Å². The summed E-state index contributed by atoms with van der Waals surface area (Å²) in [6.07, 6.45) is 0. The topological polar surface area (TPSA) is 70.5 Å². The van der Waals surface area contributed by atoms with Gasteiger partial charge in [0.15, 0.2) is 17.2 Å². The molecule has 1 aromatic heterocycles. The van der Waals surface area contributed by atoms with E-state index in [0.717, 1.165) is 0 Å². The summed E-state index contributed by atoms with van der Waals surface area (Å²) >= 11 is 5.85. The van der Waals surface area contributed by atoms with E-state index in [4.69, 9.17) is 21.1 Å². The van der Waals surface area contributed by atoms with E-state index < -0.39 is 5.97 Å². The SMILES string of the molecule is COC(=O)c1cc(-c2ccc(OC)c(OC)c2)nc(Cl)n1. The van der Waals surface area contributed by atoms with E-state index in [9.17, 15) is 4.79 Å². The molecule has 0 fully saturated rings. The molecule has 0 saturated heterocycles. The third-order valence-electron chi connectivity index (χ3n) is 2.77. The van der Waals surface area contributed by atoms with Gasteiger partial charge in [-0.1, -0.05) is 0 Å². The van der Waals surface area contributed by atoms with Gasteiger partial charge in [-0.05, 0) is 35.9 Å². The Morgan fingerprint density at radius 2 is 1.76 bits per heavy atom. The average molecular weight is 309 g/mol. The van der Waals surface area contributed by atoms with Gasteiger partial charge in [0.2, 0.25) is 5.28 Å². The van der Waals surface area contributed by atoms with Crippen LogP contribution in [0.5, 0.6) is 11.5 Å². The van der Waals surface area contributed by atoms with Crippen LogP contribution < -0.4 is 9.47 Å². The number of halogens is 1. The van der Waals surface area contributed by atoms with Crippen molar-refractivity contribution in [2.75, 3.05) is 21.3 Å². The molecule has 6 nitrogen and oxygen atoms in total. The zero-order valence-corrected chi connectivity index (χ0v) is 12.5. The summed E-state index contributed by atoms with van der Waals surface area (Å²) in [5.41, 5.74) is 1.28. The summed E-state index contributed by atoms with van der Waals surface area (Å²) in [6.45, 7) is 0. The fourth-order valence-electron chi connectivity index (χ4n) is 1.77. The number of hydrogen-bond donors (Lipinski definition) is 0. The first-order valence-electron chi connectivity index (χ1n) is 5.94. The van der Waals surface area contributed by atoms with Gasteiger partial charge in [0, 0.05) is 5.56 Å². The highest BCUT2D eigenvalue weighted by molar-refractivity contribution is 6.28. The largest absolute Gasteiger partial charge is 0.493 e. The van der Waals surface area contributed by atoms with Crippen LogP contribution in [0, 0.1) is 0 Å². The molecule has 1 heterocycles. The maximum absolute atomic E-state index is 11.6. The molecule has 0 saturated carbocycles. The third-order valence-corrected chi connectivity index (χ3v) is 2.94. The third kappa shape index (κ3) is 3.22. The van der Waals surface area contributed by atoms with Crippen LogP contribution in [0.25, 0.3) is 11.3 Å². The van der Waals surface area contributed by atoms with Crippen molar-refractivity contribution in [1.82, 2.24) is 9.97 Å². The van der Waals surface area contributed by atoms with Gasteiger partial charge in [-0.15, -0.1) is 0 Å². The number of hydrogen-bond acceptors (Lipinski definition) is 6. The van der Waals surface area contributed by atoms with Gasteiger partial charge >= 0.3 is 5.97 Å². The van der Waals surface area contributed by atoms with Crippen molar-refractivity contribution in [2.24, 2.45) is 0 Å². The fourth-order valence-corrected chi connectivity index (χ4v) is 1.95. The molecule has 110 valence electrons. The predicted molar refractivity (Wildman–Crippen MR) is 76.9 cm³/mol. The highest BCUT2D eigenvalue weighted by Crippen LogP contribution is 2.32. The molecule has 7 heteroatoms. The summed E-state index contributed by atoms with van der Waals surface area (Å²) in [4.78, 5) is 19.5. The van der Waals surface area contributed by atoms with Crippen molar-refractivity contribution >= 4 is 17.6 Å². The van der Waals surface area contributed by atoms with Crippen LogP contribution in [-0.2, 0) is 4.74 Å². The lowest BCUT2D eigenvalue weighted by molar-refractivity contribution is 0.0594. The van der Waals surface area contributed by atoms with Gasteiger partial charge in [0.05, 0.1) is 27.0 Å². The minimum atomic E-state index is -0.582. The highest BCUT2D eigenvalue weighted by atomic mass is 35.5. The minimum absolute atomic E-state index is 0.0392. The number of carbonyl (C=O) groups excluding carboxylic acids is 1. The molecule has 0 atom stereocenters. The monoisotopic (exact) mass is 308 g/mol. The standard InChI is InChI=1S/C14H13ClN2O4/c1-19-11-5-4-8(6-12(11)20-2)9-7-10(13(18)21-3)17-14(15)16-9/h4-7H,1-3H3. The molecular formula is C14H13ClN2O4. The molecule has 2 rings (SSSR count). The van der Waals surface area contributed by atoms with Gasteiger partial charge in [0.25, 0.3) is 0 Å². The summed E-state index contributed by atoms with van der Waals surface area (Å²) in [5, 5.41) is -0.0392. The quantitative estimate of drug-likeness (QED) is 0.638. The molecule has 0 unspecified atom stereocenters. The summed E-state index contributed by atoms with van der Waals surface area (Å²) in [7, 11) is 4.36. The lowest BCUT2D eigenvalue weighted by Crippen LogP contribution is -2.06. The Balaban J connectivity index is 2.51. The van der Waals surface area contributed by atoms with Crippen LogP contribution in [0.4, 0.5) is 0 Å². The number of nitrogens with zero attached hydrogens (tertiary/aromatic N) is 2. The van der Waals surface area contributed by atoms with Crippen molar-refractivity contribution in [2.45, 2.75) is 0 Å². The number of carbonyl (C=O) groups is 1. The van der Waals surface area contributed by atoms with Crippen LogP contribution in [0.3, 0.4) is 0 Å². The van der Waals surface area contributed by atoms with Crippen LogP contribution in [0.1, 0.15) is 10.5 Å². The van der Waals surface area contributed by atoms with Crippen LogP contribution >= 0.6 is 11.6 Å². The van der Waals surface area contributed by atoms with Gasteiger partial charge in [0.1, 0.15) is 0 Å². The average Bonchev–Trinajstić information content (AvgIpc) is 2.52. The smallest absolute Gasteiger partial charge is 0.356 e. The minimum Gasteiger partial charge on any atom is -0.493 e. The molecule has 21 heavy (non-hydrogen) atoms. The Kier molecular flexibility index (Phi) is 4.59. The fraction of sp³-hybridized carbons (Fsp3) is 0.214. The summed E-state index contributed by atoms with van der Waals surface area (Å²) in [5.74, 6) is 0.556. The lowest BCUT2D eigenvalue weighted by Gasteiger charge is -2.10. The molecule has 0 bridgehead atoms. The Hall–Kier alpha value is -2.34. The van der Waals surface area contributed by atoms with Gasteiger partial charge in [-0.3, -0.25) is 0 Å². The first-order valence-corrected chi connectivity index (χ1v) is 6.32. The number of benzene rings is 1. The second kappa shape index (κ2) is 6.41. The van der Waals surface area contributed by atoms with E-state index in [-0.39, 0.29) is 11.0 Å². The Bertz CT molecular complexity index is 676. The van der Waals surface area contributed by atoms with E-state index in [2.05, 4.69) is 14.7 Å². The predicted octanol–water partition coefficient (Wildman–Crippen LogP) is 2.60. The summed E-state index contributed by atoms with van der Waals surface area (Å²) in [6, 6.07) is 6.75.